The molecule has 0 saturated carbocycles. The van der Waals surface area contributed by atoms with Gasteiger partial charge >= 0.3 is 0 Å². The first-order valence-corrected chi connectivity index (χ1v) is 12.8. The Balaban J connectivity index is 1.14. The van der Waals surface area contributed by atoms with Gasteiger partial charge in [-0.3, -0.25) is 24.5 Å². The number of amides is 2. The number of rotatable bonds is 6. The molecular formula is C27H28ClN5O3. The van der Waals surface area contributed by atoms with E-state index < -0.39 is 0 Å². The molecule has 2 aromatic carbocycles. The maximum atomic E-state index is 13.3. The molecule has 36 heavy (non-hydrogen) atoms. The molecule has 0 unspecified atom stereocenters. The molecule has 2 amide bonds. The number of piperazine rings is 1. The summed E-state index contributed by atoms with van der Waals surface area (Å²) in [6, 6.07) is 13.4. The first-order valence-electron chi connectivity index (χ1n) is 12.4. The number of aromatic nitrogens is 2. The van der Waals surface area contributed by atoms with Gasteiger partial charge in [0.15, 0.2) is 0 Å². The summed E-state index contributed by atoms with van der Waals surface area (Å²) in [5.41, 5.74) is 5.09. The van der Waals surface area contributed by atoms with Crippen LogP contribution in [0.3, 0.4) is 0 Å². The van der Waals surface area contributed by atoms with Gasteiger partial charge in [-0.15, -0.1) is 0 Å². The Morgan fingerprint density at radius 1 is 1.03 bits per heavy atom. The van der Waals surface area contributed by atoms with Crippen LogP contribution in [0.5, 0.6) is 0 Å². The fourth-order valence-electron chi connectivity index (χ4n) is 5.42. The van der Waals surface area contributed by atoms with Gasteiger partial charge in [0.1, 0.15) is 0 Å². The minimum absolute atomic E-state index is 0.0557. The van der Waals surface area contributed by atoms with Crippen LogP contribution in [0.4, 0.5) is 5.69 Å². The number of nitrogens with zero attached hydrogens (tertiary/aromatic N) is 4. The zero-order chi connectivity index (χ0) is 24.6. The van der Waals surface area contributed by atoms with Crippen molar-refractivity contribution >= 4 is 29.1 Å². The number of imide groups is 1. The highest BCUT2D eigenvalue weighted by atomic mass is 35.5. The highest BCUT2D eigenvalue weighted by Gasteiger charge is 2.40. The van der Waals surface area contributed by atoms with E-state index in [4.69, 9.17) is 16.3 Å². The molecule has 0 aliphatic carbocycles. The van der Waals surface area contributed by atoms with Gasteiger partial charge in [0, 0.05) is 49.9 Å². The predicted octanol–water partition coefficient (Wildman–Crippen LogP) is 3.83. The van der Waals surface area contributed by atoms with E-state index in [9.17, 15) is 9.59 Å². The summed E-state index contributed by atoms with van der Waals surface area (Å²) in [7, 11) is 0. The van der Waals surface area contributed by atoms with Gasteiger partial charge in [0.05, 0.1) is 41.4 Å². The van der Waals surface area contributed by atoms with E-state index in [1.54, 1.807) is 6.07 Å². The fourth-order valence-corrected chi connectivity index (χ4v) is 5.55. The topological polar surface area (TPSA) is 81.8 Å². The number of H-pyrrole nitrogens is 1. The van der Waals surface area contributed by atoms with E-state index in [0.717, 1.165) is 68.1 Å². The van der Waals surface area contributed by atoms with E-state index in [-0.39, 0.29) is 17.9 Å². The summed E-state index contributed by atoms with van der Waals surface area (Å²) >= 11 is 6.04. The number of anilines is 1. The molecule has 2 saturated heterocycles. The van der Waals surface area contributed by atoms with Crippen LogP contribution in [0.15, 0.2) is 48.7 Å². The highest BCUT2D eigenvalue weighted by molar-refractivity contribution is 6.30. The standard InChI is InChI=1S/C27H28ClN5O3/c28-20-8-6-18(7-9-20)25-19(15-29-30-25)16-31-10-12-32(13-11-31)23-5-1-4-22-24(23)27(35)33(26(22)34)17-21-3-2-14-36-21/h1,4-9,15,21H,2-3,10-14,16-17H2,(H,29,30)/t21-/m0/s1. The van der Waals surface area contributed by atoms with Crippen molar-refractivity contribution in [3.63, 3.8) is 0 Å². The zero-order valence-corrected chi connectivity index (χ0v) is 20.7. The number of hydrogen-bond donors (Lipinski definition) is 1. The molecule has 0 bridgehead atoms. The predicted molar refractivity (Wildman–Crippen MR) is 137 cm³/mol. The molecule has 9 heteroatoms. The SMILES string of the molecule is O=C1c2cccc(N3CCN(Cc4cn[nH]c4-c4ccc(Cl)cc4)CC3)c2C(=O)N1C[C@@H]1CCCO1. The van der Waals surface area contributed by atoms with Crippen LogP contribution in [-0.4, -0.2) is 77.2 Å². The van der Waals surface area contributed by atoms with Crippen molar-refractivity contribution in [1.82, 2.24) is 20.0 Å². The van der Waals surface area contributed by atoms with E-state index in [1.165, 1.54) is 4.90 Å². The zero-order valence-electron chi connectivity index (χ0n) is 20.0. The lowest BCUT2D eigenvalue weighted by Gasteiger charge is -2.36. The van der Waals surface area contributed by atoms with Gasteiger partial charge in [-0.25, -0.2) is 0 Å². The maximum Gasteiger partial charge on any atom is 0.263 e. The first kappa shape index (κ1) is 23.2. The summed E-state index contributed by atoms with van der Waals surface area (Å²) in [6.07, 6.45) is 3.69. The monoisotopic (exact) mass is 505 g/mol. The Morgan fingerprint density at radius 2 is 1.83 bits per heavy atom. The lowest BCUT2D eigenvalue weighted by Crippen LogP contribution is -2.46. The summed E-state index contributed by atoms with van der Waals surface area (Å²) < 4.78 is 5.68. The molecule has 3 aliphatic rings. The van der Waals surface area contributed by atoms with Gasteiger partial charge in [-0.2, -0.15) is 5.10 Å². The Hall–Kier alpha value is -3.20. The van der Waals surface area contributed by atoms with E-state index >= 15 is 0 Å². The molecule has 3 aliphatic heterocycles. The molecule has 3 aromatic rings. The maximum absolute atomic E-state index is 13.3. The molecule has 2 fully saturated rings. The van der Waals surface area contributed by atoms with E-state index in [1.807, 2.05) is 42.6 Å². The van der Waals surface area contributed by atoms with Gasteiger partial charge in [-0.1, -0.05) is 29.8 Å². The lowest BCUT2D eigenvalue weighted by molar-refractivity contribution is 0.0475. The Labute approximate surface area is 214 Å². The van der Waals surface area contributed by atoms with Crippen LogP contribution in [0, 0.1) is 0 Å². The molecule has 1 aromatic heterocycles. The minimum atomic E-state index is -0.208. The number of ether oxygens (including phenoxy) is 1. The summed E-state index contributed by atoms with van der Waals surface area (Å²) in [4.78, 5) is 32.3. The summed E-state index contributed by atoms with van der Waals surface area (Å²) in [5, 5.41) is 8.10. The quantitative estimate of drug-likeness (QED) is 0.513. The van der Waals surface area contributed by atoms with Gasteiger partial charge in [0.25, 0.3) is 11.8 Å². The number of benzene rings is 2. The van der Waals surface area contributed by atoms with Gasteiger partial charge in [-0.05, 0) is 42.7 Å². The van der Waals surface area contributed by atoms with Crippen molar-refractivity contribution < 1.29 is 14.3 Å². The van der Waals surface area contributed by atoms with Crippen molar-refractivity contribution in [2.24, 2.45) is 0 Å². The number of carbonyl (C=O) groups is 2. The number of nitrogens with one attached hydrogen (secondary N) is 1. The fraction of sp³-hybridized carbons (Fsp3) is 0.370. The van der Waals surface area contributed by atoms with Crippen molar-refractivity contribution in [2.75, 3.05) is 44.2 Å². The van der Waals surface area contributed by atoms with Crippen LogP contribution < -0.4 is 4.90 Å². The second-order valence-corrected chi connectivity index (χ2v) is 10.0. The second kappa shape index (κ2) is 9.69. The third-order valence-electron chi connectivity index (χ3n) is 7.34. The van der Waals surface area contributed by atoms with Crippen LogP contribution in [0.25, 0.3) is 11.3 Å². The molecule has 1 N–H and O–H groups in total. The molecule has 4 heterocycles. The smallest absolute Gasteiger partial charge is 0.263 e. The highest BCUT2D eigenvalue weighted by Crippen LogP contribution is 2.33. The largest absolute Gasteiger partial charge is 0.376 e. The average molecular weight is 506 g/mol. The van der Waals surface area contributed by atoms with Crippen molar-refractivity contribution in [1.29, 1.82) is 0 Å². The number of carbonyl (C=O) groups excluding carboxylic acids is 2. The average Bonchev–Trinajstić information content (AvgIpc) is 3.64. The van der Waals surface area contributed by atoms with Crippen LogP contribution >= 0.6 is 11.6 Å². The normalized spacial score (nSPS) is 20.4. The van der Waals surface area contributed by atoms with Crippen LogP contribution in [-0.2, 0) is 11.3 Å². The summed E-state index contributed by atoms with van der Waals surface area (Å²) in [6.45, 7) is 5.05. The molecule has 1 atom stereocenters. The molecule has 0 radical (unpaired) electrons. The van der Waals surface area contributed by atoms with E-state index in [0.29, 0.717) is 29.3 Å². The van der Waals surface area contributed by atoms with Crippen LogP contribution in [0.2, 0.25) is 5.02 Å². The van der Waals surface area contributed by atoms with Crippen molar-refractivity contribution in [3.05, 3.63) is 70.4 Å². The Morgan fingerprint density at radius 3 is 2.58 bits per heavy atom. The third kappa shape index (κ3) is 4.30. The van der Waals surface area contributed by atoms with E-state index in [2.05, 4.69) is 20.0 Å². The molecular weight excluding hydrogens is 478 g/mol. The third-order valence-corrected chi connectivity index (χ3v) is 7.60. The number of hydrogen-bond acceptors (Lipinski definition) is 6. The van der Waals surface area contributed by atoms with Crippen LogP contribution in [0.1, 0.15) is 39.1 Å². The lowest BCUT2D eigenvalue weighted by atomic mass is 10.1. The molecule has 186 valence electrons. The molecule has 0 spiro atoms. The number of halogens is 1. The van der Waals surface area contributed by atoms with Crippen molar-refractivity contribution in [2.45, 2.75) is 25.5 Å². The second-order valence-electron chi connectivity index (χ2n) is 9.60. The van der Waals surface area contributed by atoms with Gasteiger partial charge < -0.3 is 9.64 Å². The molecule has 6 rings (SSSR count). The molecule has 8 nitrogen and oxygen atoms in total. The number of aromatic amines is 1. The number of fused-ring (bicyclic) bond motifs is 1. The first-order chi connectivity index (χ1) is 17.6. The minimum Gasteiger partial charge on any atom is -0.376 e. The Bertz CT molecular complexity index is 1280. The summed E-state index contributed by atoms with van der Waals surface area (Å²) in [5.74, 6) is -0.407. The Kier molecular flexibility index (Phi) is 6.25. The van der Waals surface area contributed by atoms with Crippen molar-refractivity contribution in [3.8, 4) is 11.3 Å². The van der Waals surface area contributed by atoms with Gasteiger partial charge in [0.2, 0.25) is 0 Å².